The van der Waals surface area contributed by atoms with E-state index in [0.29, 0.717) is 12.2 Å². The third-order valence-corrected chi connectivity index (χ3v) is 3.01. The molecule has 0 aliphatic carbocycles. The SMILES string of the molecule is CSCC[C@H](NC(=O)c1ccoc1Cl)C(=O)O. The second-order valence-corrected chi connectivity index (χ2v) is 4.58. The molecule has 94 valence electrons. The fraction of sp³-hybridized carbons (Fsp3) is 0.400. The van der Waals surface area contributed by atoms with Crippen LogP contribution in [-0.2, 0) is 4.79 Å². The van der Waals surface area contributed by atoms with Gasteiger partial charge in [0.1, 0.15) is 6.04 Å². The number of amides is 1. The second-order valence-electron chi connectivity index (χ2n) is 3.25. The first-order valence-electron chi connectivity index (χ1n) is 4.82. The molecule has 2 N–H and O–H groups in total. The van der Waals surface area contributed by atoms with Gasteiger partial charge >= 0.3 is 5.97 Å². The average Bonchev–Trinajstić information content (AvgIpc) is 2.70. The molecule has 0 unspecified atom stereocenters. The zero-order chi connectivity index (χ0) is 12.8. The molecular weight excluding hydrogens is 266 g/mol. The lowest BCUT2D eigenvalue weighted by atomic mass is 10.2. The Morgan fingerprint density at radius 3 is 2.82 bits per heavy atom. The van der Waals surface area contributed by atoms with Crippen LogP contribution in [0.2, 0.25) is 5.22 Å². The van der Waals surface area contributed by atoms with Crippen LogP contribution in [0, 0.1) is 0 Å². The molecular formula is C10H12ClNO4S. The summed E-state index contributed by atoms with van der Waals surface area (Å²) in [6.07, 6.45) is 3.50. The molecule has 0 spiro atoms. The summed E-state index contributed by atoms with van der Waals surface area (Å²) in [6, 6.07) is 0.478. The van der Waals surface area contributed by atoms with Crippen molar-refractivity contribution in [1.29, 1.82) is 0 Å². The number of thioether (sulfide) groups is 1. The molecule has 5 nitrogen and oxygen atoms in total. The first kappa shape index (κ1) is 13.9. The third kappa shape index (κ3) is 3.98. The Morgan fingerprint density at radius 1 is 1.65 bits per heavy atom. The Morgan fingerprint density at radius 2 is 2.35 bits per heavy atom. The van der Waals surface area contributed by atoms with Crippen LogP contribution in [0.5, 0.6) is 0 Å². The third-order valence-electron chi connectivity index (χ3n) is 2.08. The van der Waals surface area contributed by atoms with Crippen LogP contribution in [-0.4, -0.2) is 35.0 Å². The predicted molar refractivity (Wildman–Crippen MR) is 65.6 cm³/mol. The summed E-state index contributed by atoms with van der Waals surface area (Å²) < 4.78 is 4.76. The minimum atomic E-state index is -1.06. The number of nitrogens with one attached hydrogen (secondary N) is 1. The van der Waals surface area contributed by atoms with Gasteiger partial charge in [-0.05, 0) is 36.1 Å². The molecule has 17 heavy (non-hydrogen) atoms. The second kappa shape index (κ2) is 6.56. The van der Waals surface area contributed by atoms with Crippen LogP contribution in [0.4, 0.5) is 0 Å². The monoisotopic (exact) mass is 277 g/mol. The number of aliphatic carboxylic acids is 1. The van der Waals surface area contributed by atoms with Gasteiger partial charge in [-0.25, -0.2) is 4.79 Å². The number of furan rings is 1. The van der Waals surface area contributed by atoms with E-state index < -0.39 is 17.9 Å². The van der Waals surface area contributed by atoms with Gasteiger partial charge in [-0.2, -0.15) is 11.8 Å². The molecule has 1 aromatic rings. The maximum atomic E-state index is 11.7. The van der Waals surface area contributed by atoms with Crippen LogP contribution >= 0.6 is 23.4 Å². The highest BCUT2D eigenvalue weighted by Crippen LogP contribution is 2.16. The maximum absolute atomic E-state index is 11.7. The normalized spacial score (nSPS) is 12.1. The number of hydrogen-bond donors (Lipinski definition) is 2. The lowest BCUT2D eigenvalue weighted by molar-refractivity contribution is -0.139. The summed E-state index contributed by atoms with van der Waals surface area (Å²) in [5.74, 6) is -0.958. The van der Waals surface area contributed by atoms with E-state index in [0.717, 1.165) is 0 Å². The quantitative estimate of drug-likeness (QED) is 0.830. The van der Waals surface area contributed by atoms with Crippen molar-refractivity contribution in [2.45, 2.75) is 12.5 Å². The van der Waals surface area contributed by atoms with Gasteiger partial charge in [0.15, 0.2) is 0 Å². The van der Waals surface area contributed by atoms with Gasteiger partial charge in [0.05, 0.1) is 11.8 Å². The van der Waals surface area contributed by atoms with Crippen molar-refractivity contribution >= 4 is 35.2 Å². The van der Waals surface area contributed by atoms with Crippen LogP contribution in [0.25, 0.3) is 0 Å². The molecule has 0 bridgehead atoms. The van der Waals surface area contributed by atoms with Crippen LogP contribution < -0.4 is 5.32 Å². The van der Waals surface area contributed by atoms with E-state index >= 15 is 0 Å². The minimum absolute atomic E-state index is 0.0449. The fourth-order valence-electron chi connectivity index (χ4n) is 1.18. The van der Waals surface area contributed by atoms with Gasteiger partial charge in [0.25, 0.3) is 5.91 Å². The number of carbonyl (C=O) groups excluding carboxylic acids is 1. The molecule has 1 rings (SSSR count). The molecule has 7 heteroatoms. The molecule has 1 amide bonds. The summed E-state index contributed by atoms with van der Waals surface area (Å²) in [7, 11) is 0. The van der Waals surface area contributed by atoms with Gasteiger partial charge in [-0.15, -0.1) is 0 Å². The molecule has 0 aromatic carbocycles. The summed E-state index contributed by atoms with van der Waals surface area (Å²) >= 11 is 7.14. The Kier molecular flexibility index (Phi) is 5.37. The number of halogens is 1. The molecule has 0 aliphatic rings. The van der Waals surface area contributed by atoms with Crippen LogP contribution in [0.15, 0.2) is 16.7 Å². The summed E-state index contributed by atoms with van der Waals surface area (Å²) in [6.45, 7) is 0. The first-order chi connectivity index (χ1) is 8.06. The zero-order valence-electron chi connectivity index (χ0n) is 9.10. The van der Waals surface area contributed by atoms with Gasteiger partial charge in [0.2, 0.25) is 5.22 Å². The number of rotatable bonds is 6. The highest BCUT2D eigenvalue weighted by atomic mass is 35.5. The summed E-state index contributed by atoms with van der Waals surface area (Å²) in [4.78, 5) is 22.6. The molecule has 0 radical (unpaired) electrons. The number of carboxylic acids is 1. The number of hydrogen-bond acceptors (Lipinski definition) is 4. The van der Waals surface area contributed by atoms with Gasteiger partial charge in [0, 0.05) is 0 Å². The molecule has 0 saturated heterocycles. The molecule has 1 heterocycles. The Bertz CT molecular complexity index is 407. The number of carboxylic acid groups (broad SMARTS) is 1. The van der Waals surface area contributed by atoms with Crippen molar-refractivity contribution in [3.05, 3.63) is 23.1 Å². The van der Waals surface area contributed by atoms with E-state index in [1.165, 1.54) is 24.1 Å². The molecule has 1 atom stereocenters. The Labute approximate surface area is 108 Å². The molecule has 0 aliphatic heterocycles. The van der Waals surface area contributed by atoms with Crippen LogP contribution in [0.3, 0.4) is 0 Å². The van der Waals surface area contributed by atoms with Crippen LogP contribution in [0.1, 0.15) is 16.8 Å². The molecule has 0 fully saturated rings. The fourth-order valence-corrected chi connectivity index (χ4v) is 1.86. The van der Waals surface area contributed by atoms with E-state index in [-0.39, 0.29) is 10.8 Å². The highest BCUT2D eigenvalue weighted by molar-refractivity contribution is 7.98. The topological polar surface area (TPSA) is 79.5 Å². The van der Waals surface area contributed by atoms with Crippen molar-refractivity contribution in [2.24, 2.45) is 0 Å². The zero-order valence-corrected chi connectivity index (χ0v) is 10.7. The van der Waals surface area contributed by atoms with Gasteiger partial charge in [-0.1, -0.05) is 0 Å². The largest absolute Gasteiger partial charge is 0.480 e. The lowest BCUT2D eigenvalue weighted by Gasteiger charge is -2.13. The van der Waals surface area contributed by atoms with Crippen molar-refractivity contribution in [3.8, 4) is 0 Å². The summed E-state index contributed by atoms with van der Waals surface area (Å²) in [5.41, 5.74) is 0.141. The van der Waals surface area contributed by atoms with Gasteiger partial charge in [-0.3, -0.25) is 4.79 Å². The van der Waals surface area contributed by atoms with Crippen molar-refractivity contribution in [3.63, 3.8) is 0 Å². The van der Waals surface area contributed by atoms with E-state index in [1.807, 2.05) is 6.26 Å². The minimum Gasteiger partial charge on any atom is -0.480 e. The Balaban J connectivity index is 2.64. The molecule has 0 saturated carbocycles. The predicted octanol–water partition coefficient (Wildman–Crippen LogP) is 1.87. The van der Waals surface area contributed by atoms with E-state index in [1.54, 1.807) is 0 Å². The van der Waals surface area contributed by atoms with Gasteiger partial charge < -0.3 is 14.8 Å². The van der Waals surface area contributed by atoms with E-state index in [2.05, 4.69) is 5.32 Å². The highest BCUT2D eigenvalue weighted by Gasteiger charge is 2.22. The van der Waals surface area contributed by atoms with E-state index in [4.69, 9.17) is 21.1 Å². The Hall–Kier alpha value is -1.14. The average molecular weight is 278 g/mol. The first-order valence-corrected chi connectivity index (χ1v) is 6.59. The van der Waals surface area contributed by atoms with E-state index in [9.17, 15) is 9.59 Å². The maximum Gasteiger partial charge on any atom is 0.326 e. The van der Waals surface area contributed by atoms with Crippen molar-refractivity contribution < 1.29 is 19.1 Å². The summed E-state index contributed by atoms with van der Waals surface area (Å²) in [5, 5.41) is 11.3. The number of carbonyl (C=O) groups is 2. The van der Waals surface area contributed by atoms with Crippen molar-refractivity contribution in [1.82, 2.24) is 5.32 Å². The standard InChI is InChI=1S/C10H12ClNO4S/c1-17-5-3-7(10(14)15)12-9(13)6-2-4-16-8(6)11/h2,4,7H,3,5H2,1H3,(H,12,13)(H,14,15)/t7-/m0/s1. The lowest BCUT2D eigenvalue weighted by Crippen LogP contribution is -2.41. The van der Waals surface area contributed by atoms with Crippen molar-refractivity contribution in [2.75, 3.05) is 12.0 Å². The molecule has 1 aromatic heterocycles. The smallest absolute Gasteiger partial charge is 0.326 e.